The lowest BCUT2D eigenvalue weighted by Crippen LogP contribution is -2.12. The smallest absolute Gasteiger partial charge is 0.119 e. The maximum absolute atomic E-state index is 5.79. The van der Waals surface area contributed by atoms with E-state index in [1.165, 1.54) is 69.8 Å². The molecule has 0 unspecified atom stereocenters. The van der Waals surface area contributed by atoms with Crippen molar-refractivity contribution in [2.75, 3.05) is 6.61 Å². The van der Waals surface area contributed by atoms with Gasteiger partial charge in [0.05, 0.1) is 6.61 Å². The minimum Gasteiger partial charge on any atom is -0.494 e. The molecule has 2 aliphatic carbocycles. The predicted molar refractivity (Wildman–Crippen MR) is 124 cm³/mol. The van der Waals surface area contributed by atoms with Crippen molar-refractivity contribution in [3.8, 4) is 17.6 Å². The Balaban J connectivity index is 1.38. The predicted octanol–water partition coefficient (Wildman–Crippen LogP) is 7.92. The van der Waals surface area contributed by atoms with Crippen LogP contribution in [-0.4, -0.2) is 6.61 Å². The number of benzene rings is 1. The molecule has 2 saturated carbocycles. The van der Waals surface area contributed by atoms with Crippen molar-refractivity contribution in [2.24, 2.45) is 17.8 Å². The van der Waals surface area contributed by atoms with Crippen molar-refractivity contribution in [1.29, 1.82) is 0 Å². The molecule has 0 spiro atoms. The molecule has 1 heteroatoms. The Kier molecular flexibility index (Phi) is 9.20. The molecule has 0 amide bonds. The summed E-state index contributed by atoms with van der Waals surface area (Å²) in [5.41, 5.74) is 1.47. The number of hydrogen-bond acceptors (Lipinski definition) is 1. The second-order valence-corrected chi connectivity index (χ2v) is 9.16. The maximum Gasteiger partial charge on any atom is 0.119 e. The van der Waals surface area contributed by atoms with Crippen LogP contribution in [0.15, 0.2) is 36.4 Å². The summed E-state index contributed by atoms with van der Waals surface area (Å²) in [6.45, 7) is 5.36. The molecule has 0 bridgehead atoms. The third kappa shape index (κ3) is 7.26. The van der Waals surface area contributed by atoms with Crippen molar-refractivity contribution >= 4 is 0 Å². The topological polar surface area (TPSA) is 9.23 Å². The summed E-state index contributed by atoms with van der Waals surface area (Å²) in [5, 5.41) is 0. The van der Waals surface area contributed by atoms with Gasteiger partial charge in [-0.15, -0.1) is 0 Å². The van der Waals surface area contributed by atoms with E-state index < -0.39 is 0 Å². The Labute approximate surface area is 179 Å². The molecule has 0 radical (unpaired) electrons. The number of allylic oxidation sites excluding steroid dienone is 2. The number of ether oxygens (including phenoxy) is 1. The van der Waals surface area contributed by atoms with Gasteiger partial charge in [0.25, 0.3) is 0 Å². The molecule has 2 fully saturated rings. The van der Waals surface area contributed by atoms with E-state index in [1.807, 2.05) is 0 Å². The van der Waals surface area contributed by atoms with Gasteiger partial charge in [-0.25, -0.2) is 0 Å². The van der Waals surface area contributed by atoms with Gasteiger partial charge >= 0.3 is 0 Å². The molecule has 0 N–H and O–H groups in total. The normalized spacial score (nSPS) is 27.4. The van der Waals surface area contributed by atoms with E-state index in [1.54, 1.807) is 0 Å². The van der Waals surface area contributed by atoms with Crippen molar-refractivity contribution in [2.45, 2.75) is 90.4 Å². The molecule has 0 aliphatic heterocycles. The first-order valence-corrected chi connectivity index (χ1v) is 12.2. The van der Waals surface area contributed by atoms with E-state index in [9.17, 15) is 0 Å². The fraction of sp³-hybridized carbons (Fsp3) is 0.643. The van der Waals surface area contributed by atoms with Crippen molar-refractivity contribution < 1.29 is 4.74 Å². The summed E-state index contributed by atoms with van der Waals surface area (Å²) in [5.74, 6) is 10.9. The summed E-state index contributed by atoms with van der Waals surface area (Å²) in [7, 11) is 0. The van der Waals surface area contributed by atoms with E-state index in [0.717, 1.165) is 30.6 Å². The molecule has 158 valence electrons. The van der Waals surface area contributed by atoms with E-state index in [4.69, 9.17) is 4.74 Å². The number of unbranched alkanes of at least 4 members (excludes halogenated alkanes) is 1. The van der Waals surface area contributed by atoms with Crippen molar-refractivity contribution in [3.63, 3.8) is 0 Å². The fourth-order valence-corrected chi connectivity index (χ4v) is 4.88. The van der Waals surface area contributed by atoms with Crippen LogP contribution in [0, 0.1) is 29.6 Å². The lowest BCUT2D eigenvalue weighted by atomic mass is 9.79. The average molecular weight is 393 g/mol. The third-order valence-corrected chi connectivity index (χ3v) is 7.05. The third-order valence-electron chi connectivity index (χ3n) is 7.05. The number of hydrogen-bond donors (Lipinski definition) is 0. The SMILES string of the molecule is CCCCOc1ccc([C@H]2CC[C@H](C#CC=C[C@H]3CC[C@H](CC)CC3)CC2)cc1. The summed E-state index contributed by atoms with van der Waals surface area (Å²) in [6.07, 6.45) is 18.8. The second kappa shape index (κ2) is 12.1. The van der Waals surface area contributed by atoms with Crippen LogP contribution in [0.5, 0.6) is 5.75 Å². The van der Waals surface area contributed by atoms with Crippen molar-refractivity contribution in [3.05, 3.63) is 42.0 Å². The van der Waals surface area contributed by atoms with Crippen LogP contribution >= 0.6 is 0 Å². The van der Waals surface area contributed by atoms with E-state index in [0.29, 0.717) is 11.8 Å². The number of rotatable bonds is 7. The van der Waals surface area contributed by atoms with Crippen LogP contribution in [0.25, 0.3) is 0 Å². The summed E-state index contributed by atoms with van der Waals surface area (Å²) < 4.78 is 5.79. The monoisotopic (exact) mass is 392 g/mol. The van der Waals surface area contributed by atoms with Gasteiger partial charge in [-0.3, -0.25) is 0 Å². The molecular formula is C28H40O. The highest BCUT2D eigenvalue weighted by atomic mass is 16.5. The van der Waals surface area contributed by atoms with E-state index >= 15 is 0 Å². The van der Waals surface area contributed by atoms with Crippen LogP contribution in [0.4, 0.5) is 0 Å². The lowest BCUT2D eigenvalue weighted by molar-refractivity contribution is 0.304. The Morgan fingerprint density at radius 2 is 1.66 bits per heavy atom. The quantitative estimate of drug-likeness (QED) is 0.338. The summed E-state index contributed by atoms with van der Waals surface area (Å²) in [4.78, 5) is 0. The molecule has 0 heterocycles. The van der Waals surface area contributed by atoms with Gasteiger partial charge in [0.1, 0.15) is 5.75 Å². The lowest BCUT2D eigenvalue weighted by Gasteiger charge is -2.26. The van der Waals surface area contributed by atoms with Crippen LogP contribution in [0.3, 0.4) is 0 Å². The molecule has 1 aromatic rings. The fourth-order valence-electron chi connectivity index (χ4n) is 4.88. The summed E-state index contributed by atoms with van der Waals surface area (Å²) >= 11 is 0. The van der Waals surface area contributed by atoms with Crippen LogP contribution in [0.2, 0.25) is 0 Å². The molecular weight excluding hydrogens is 352 g/mol. The first kappa shape index (κ1) is 22.0. The van der Waals surface area contributed by atoms with Gasteiger partial charge in [-0.1, -0.05) is 56.7 Å². The van der Waals surface area contributed by atoms with Gasteiger partial charge in [0.15, 0.2) is 0 Å². The summed E-state index contributed by atoms with van der Waals surface area (Å²) in [6, 6.07) is 8.84. The maximum atomic E-state index is 5.79. The zero-order chi connectivity index (χ0) is 20.3. The van der Waals surface area contributed by atoms with Gasteiger partial charge in [0, 0.05) is 5.92 Å². The molecule has 3 rings (SSSR count). The average Bonchev–Trinajstić information content (AvgIpc) is 2.78. The Morgan fingerprint density at radius 1 is 0.931 bits per heavy atom. The zero-order valence-corrected chi connectivity index (χ0v) is 18.7. The molecule has 29 heavy (non-hydrogen) atoms. The van der Waals surface area contributed by atoms with E-state index in [2.05, 4.69) is 62.1 Å². The Morgan fingerprint density at radius 3 is 2.31 bits per heavy atom. The van der Waals surface area contributed by atoms with Gasteiger partial charge < -0.3 is 4.74 Å². The second-order valence-electron chi connectivity index (χ2n) is 9.16. The van der Waals surface area contributed by atoms with Crippen molar-refractivity contribution in [1.82, 2.24) is 0 Å². The molecule has 1 nitrogen and oxygen atoms in total. The highest BCUT2D eigenvalue weighted by Crippen LogP contribution is 2.36. The van der Waals surface area contributed by atoms with Crippen LogP contribution in [-0.2, 0) is 0 Å². The molecule has 0 atom stereocenters. The molecule has 1 aromatic carbocycles. The highest BCUT2D eigenvalue weighted by Gasteiger charge is 2.21. The van der Waals surface area contributed by atoms with Crippen LogP contribution < -0.4 is 4.74 Å². The minimum atomic E-state index is 0.586. The Hall–Kier alpha value is -1.68. The van der Waals surface area contributed by atoms with Gasteiger partial charge in [0.2, 0.25) is 0 Å². The Bertz CT molecular complexity index is 659. The van der Waals surface area contributed by atoms with Crippen LogP contribution in [0.1, 0.15) is 96.0 Å². The zero-order valence-electron chi connectivity index (χ0n) is 18.7. The van der Waals surface area contributed by atoms with Gasteiger partial charge in [-0.2, -0.15) is 0 Å². The first-order valence-electron chi connectivity index (χ1n) is 12.2. The first-order chi connectivity index (χ1) is 14.3. The molecule has 0 aromatic heterocycles. The van der Waals surface area contributed by atoms with Gasteiger partial charge in [-0.05, 0) is 99.3 Å². The van der Waals surface area contributed by atoms with E-state index in [-0.39, 0.29) is 0 Å². The highest BCUT2D eigenvalue weighted by molar-refractivity contribution is 5.30. The minimum absolute atomic E-state index is 0.586. The standard InChI is InChI=1S/C28H40O/c1-3-5-22-29-28-20-18-27(19-21-28)26-16-14-25(15-17-26)9-7-6-8-24-12-10-23(4-2)11-13-24/h6,8,18-21,23-26H,3-5,10-17,22H2,1-2H3/t23-,24-,25-,26-. The molecule has 2 aliphatic rings. The largest absolute Gasteiger partial charge is 0.494 e. The molecule has 0 saturated heterocycles.